The number of aromatic nitrogens is 2. The van der Waals surface area contributed by atoms with Crippen LogP contribution in [0, 0.1) is 0 Å². The standard InChI is InChI=1S/C22H23ClF3N3O5/c23-13-2-3-17-15(6-13)16(30)7-18(34-17)19(31)28-20-10-21(11-20,12-20)29-9-14(8-27-29)32-4-1-5-33-22(24,25)26/h2-3,6,8-9,16,18,30H,1,4-5,7,10-12H2,(H,28,31)/t16-,18-,20?,21?/m1/s1. The van der Waals surface area contributed by atoms with Crippen LogP contribution in [0.4, 0.5) is 13.2 Å². The zero-order chi connectivity index (χ0) is 24.1. The number of alkyl halides is 3. The van der Waals surface area contributed by atoms with Gasteiger partial charge in [-0.15, -0.1) is 13.2 Å². The first kappa shape index (κ1) is 23.3. The fourth-order valence-corrected chi connectivity index (χ4v) is 5.29. The Morgan fingerprint density at radius 1 is 1.32 bits per heavy atom. The van der Waals surface area contributed by atoms with Crippen molar-refractivity contribution in [3.8, 4) is 11.5 Å². The molecule has 3 saturated carbocycles. The number of nitrogens with zero attached hydrogens (tertiary/aromatic N) is 2. The van der Waals surface area contributed by atoms with Crippen molar-refractivity contribution >= 4 is 17.5 Å². The number of carbonyl (C=O) groups is 1. The molecule has 0 spiro atoms. The second-order valence-corrected chi connectivity index (χ2v) is 9.62. The Bertz CT molecular complexity index is 1070. The molecule has 1 amide bonds. The molecule has 0 radical (unpaired) electrons. The van der Waals surface area contributed by atoms with Crippen LogP contribution >= 0.6 is 11.6 Å². The molecule has 2 N–H and O–H groups in total. The first-order valence-electron chi connectivity index (χ1n) is 10.9. The van der Waals surface area contributed by atoms with Gasteiger partial charge in [0.1, 0.15) is 5.75 Å². The molecule has 34 heavy (non-hydrogen) atoms. The number of halogens is 4. The van der Waals surface area contributed by atoms with Crippen molar-refractivity contribution in [3.05, 3.63) is 41.2 Å². The summed E-state index contributed by atoms with van der Waals surface area (Å²) in [6.07, 6.45) is -0.665. The summed E-state index contributed by atoms with van der Waals surface area (Å²) in [5, 5.41) is 18.3. The summed E-state index contributed by atoms with van der Waals surface area (Å²) < 4.78 is 52.7. The number of hydrogen-bond donors (Lipinski definition) is 2. The van der Waals surface area contributed by atoms with Crippen LogP contribution in [0.1, 0.15) is 43.8 Å². The van der Waals surface area contributed by atoms with E-state index in [0.29, 0.717) is 41.3 Å². The van der Waals surface area contributed by atoms with Gasteiger partial charge < -0.3 is 19.9 Å². The van der Waals surface area contributed by atoms with Crippen molar-refractivity contribution in [1.29, 1.82) is 0 Å². The maximum atomic E-state index is 12.8. The van der Waals surface area contributed by atoms with E-state index in [9.17, 15) is 23.1 Å². The monoisotopic (exact) mass is 501 g/mol. The zero-order valence-corrected chi connectivity index (χ0v) is 18.7. The molecule has 2 atom stereocenters. The quantitative estimate of drug-likeness (QED) is 0.538. The SMILES string of the molecule is O=C(NC12CC(n3cc(OCCCOC(F)(F)F)cn3)(C1)C2)[C@H]1C[C@@H](O)c2cc(Cl)ccc2O1. The maximum Gasteiger partial charge on any atom is 0.522 e. The Labute approximate surface area is 197 Å². The minimum Gasteiger partial charge on any atom is -0.490 e. The van der Waals surface area contributed by atoms with Crippen LogP contribution in [-0.4, -0.2) is 52.0 Å². The molecule has 3 fully saturated rings. The Balaban J connectivity index is 1.10. The molecule has 2 bridgehead atoms. The third-order valence-electron chi connectivity index (χ3n) is 6.59. The molecule has 0 unspecified atom stereocenters. The predicted molar refractivity (Wildman–Crippen MR) is 112 cm³/mol. The molecule has 4 aliphatic rings. The molecular weight excluding hydrogens is 479 g/mol. The maximum absolute atomic E-state index is 12.8. The van der Waals surface area contributed by atoms with Gasteiger partial charge in [0, 0.05) is 29.0 Å². The highest BCUT2D eigenvalue weighted by Gasteiger charge is 2.70. The molecule has 1 aliphatic heterocycles. The number of carbonyl (C=O) groups excluding carboxylic acids is 1. The van der Waals surface area contributed by atoms with E-state index in [0.717, 1.165) is 0 Å². The number of benzene rings is 1. The molecule has 12 heteroatoms. The van der Waals surface area contributed by atoms with Gasteiger partial charge in [-0.1, -0.05) is 11.6 Å². The lowest BCUT2D eigenvalue weighted by Crippen LogP contribution is -2.79. The van der Waals surface area contributed by atoms with Gasteiger partial charge in [-0.25, -0.2) is 0 Å². The van der Waals surface area contributed by atoms with E-state index in [-0.39, 0.29) is 36.4 Å². The van der Waals surface area contributed by atoms with Crippen LogP contribution in [0.3, 0.4) is 0 Å². The first-order chi connectivity index (χ1) is 16.1. The van der Waals surface area contributed by atoms with Gasteiger partial charge in [-0.05, 0) is 37.5 Å². The van der Waals surface area contributed by atoms with E-state index in [1.54, 1.807) is 29.1 Å². The van der Waals surface area contributed by atoms with Crippen LogP contribution in [0.25, 0.3) is 0 Å². The Kier molecular flexibility index (Phi) is 5.69. The van der Waals surface area contributed by atoms with Crippen molar-refractivity contribution in [1.82, 2.24) is 15.1 Å². The number of aliphatic hydroxyl groups excluding tert-OH is 1. The second-order valence-electron chi connectivity index (χ2n) is 9.18. The van der Waals surface area contributed by atoms with E-state index in [2.05, 4.69) is 15.2 Å². The topological polar surface area (TPSA) is 94.8 Å². The number of hydrogen-bond acceptors (Lipinski definition) is 6. The lowest BCUT2D eigenvalue weighted by molar-refractivity contribution is -0.324. The lowest BCUT2D eigenvalue weighted by atomic mass is 9.44. The highest BCUT2D eigenvalue weighted by Crippen LogP contribution is 2.65. The first-order valence-corrected chi connectivity index (χ1v) is 11.3. The van der Waals surface area contributed by atoms with Gasteiger partial charge in [-0.3, -0.25) is 14.2 Å². The molecule has 1 aromatic carbocycles. The normalized spacial score (nSPS) is 29.3. The van der Waals surface area contributed by atoms with Gasteiger partial charge >= 0.3 is 6.36 Å². The van der Waals surface area contributed by atoms with Crippen molar-refractivity contribution < 1.29 is 37.3 Å². The van der Waals surface area contributed by atoms with Crippen LogP contribution in [0.15, 0.2) is 30.6 Å². The van der Waals surface area contributed by atoms with Crippen LogP contribution in [-0.2, 0) is 15.1 Å². The lowest BCUT2D eigenvalue weighted by Gasteiger charge is -2.70. The van der Waals surface area contributed by atoms with E-state index in [4.69, 9.17) is 21.1 Å². The molecule has 2 heterocycles. The highest BCUT2D eigenvalue weighted by atomic mass is 35.5. The average molecular weight is 502 g/mol. The molecular formula is C22H23ClF3N3O5. The van der Waals surface area contributed by atoms with E-state index in [1.165, 1.54) is 6.20 Å². The van der Waals surface area contributed by atoms with Gasteiger partial charge in [0.2, 0.25) is 0 Å². The molecule has 6 rings (SSSR count). The molecule has 2 aromatic rings. The molecule has 8 nitrogen and oxygen atoms in total. The van der Waals surface area contributed by atoms with Gasteiger partial charge in [0.15, 0.2) is 11.9 Å². The Morgan fingerprint density at radius 2 is 2.09 bits per heavy atom. The molecule has 3 aliphatic carbocycles. The van der Waals surface area contributed by atoms with Crippen molar-refractivity contribution in [2.24, 2.45) is 0 Å². The molecule has 1 aromatic heterocycles. The minimum absolute atomic E-state index is 0.0807. The fourth-order valence-electron chi connectivity index (χ4n) is 5.11. The Hall–Kier alpha value is -2.50. The van der Waals surface area contributed by atoms with E-state index < -0.39 is 25.2 Å². The summed E-state index contributed by atoms with van der Waals surface area (Å²) in [4.78, 5) is 12.8. The number of rotatable bonds is 8. The number of amides is 1. The number of nitrogens with one attached hydrogen (secondary N) is 1. The number of ether oxygens (including phenoxy) is 3. The van der Waals surface area contributed by atoms with Crippen LogP contribution < -0.4 is 14.8 Å². The zero-order valence-electron chi connectivity index (χ0n) is 18.0. The van der Waals surface area contributed by atoms with Gasteiger partial charge in [0.25, 0.3) is 5.91 Å². The van der Waals surface area contributed by atoms with Crippen molar-refractivity contribution in [2.75, 3.05) is 13.2 Å². The third kappa shape index (κ3) is 4.44. The highest BCUT2D eigenvalue weighted by molar-refractivity contribution is 6.30. The third-order valence-corrected chi connectivity index (χ3v) is 6.82. The van der Waals surface area contributed by atoms with Crippen molar-refractivity contribution in [2.45, 2.75) is 61.8 Å². The number of fused-ring (bicyclic) bond motifs is 1. The van der Waals surface area contributed by atoms with Crippen LogP contribution in [0.5, 0.6) is 11.5 Å². The largest absolute Gasteiger partial charge is 0.522 e. The predicted octanol–water partition coefficient (Wildman–Crippen LogP) is 3.47. The van der Waals surface area contributed by atoms with Gasteiger partial charge in [-0.2, -0.15) is 5.10 Å². The summed E-state index contributed by atoms with van der Waals surface area (Å²) in [6, 6.07) is 4.94. The summed E-state index contributed by atoms with van der Waals surface area (Å²) >= 11 is 5.97. The Morgan fingerprint density at radius 3 is 2.82 bits per heavy atom. The summed E-state index contributed by atoms with van der Waals surface area (Å²) in [5.41, 5.74) is 0.0450. The van der Waals surface area contributed by atoms with E-state index >= 15 is 0 Å². The van der Waals surface area contributed by atoms with Gasteiger partial charge in [0.05, 0.1) is 37.3 Å². The average Bonchev–Trinajstić information content (AvgIpc) is 3.17. The second kappa shape index (κ2) is 8.31. The van der Waals surface area contributed by atoms with Crippen LogP contribution in [0.2, 0.25) is 5.02 Å². The minimum atomic E-state index is -4.64. The summed E-state index contributed by atoms with van der Waals surface area (Å²) in [7, 11) is 0. The number of aliphatic hydroxyl groups is 1. The van der Waals surface area contributed by atoms with E-state index in [1.807, 2.05) is 0 Å². The fraction of sp³-hybridized carbons (Fsp3) is 0.545. The molecule has 0 saturated heterocycles. The van der Waals surface area contributed by atoms with Crippen molar-refractivity contribution in [3.63, 3.8) is 0 Å². The summed E-state index contributed by atoms with van der Waals surface area (Å²) in [5.74, 6) is 0.656. The molecule has 184 valence electrons. The smallest absolute Gasteiger partial charge is 0.490 e. The summed E-state index contributed by atoms with van der Waals surface area (Å²) in [6.45, 7) is -0.387.